The first-order valence-electron chi connectivity index (χ1n) is 8.01. The summed E-state index contributed by atoms with van der Waals surface area (Å²) < 4.78 is 0. The van der Waals surface area contributed by atoms with Crippen LogP contribution in [0.4, 0.5) is 5.69 Å². The molecule has 0 saturated carbocycles. The summed E-state index contributed by atoms with van der Waals surface area (Å²) in [5.74, 6) is 0.563. The first-order chi connectivity index (χ1) is 10.9. The molecule has 0 saturated heterocycles. The molecule has 1 aromatic carbocycles. The number of fused-ring (bicyclic) bond motifs is 1. The van der Waals surface area contributed by atoms with Gasteiger partial charge in [-0.3, -0.25) is 4.79 Å². The number of hydrogen-bond donors (Lipinski definition) is 0. The zero-order chi connectivity index (χ0) is 16.6. The molecule has 2 aromatic rings. The lowest BCUT2D eigenvalue weighted by atomic mass is 9.80. The fourth-order valence-corrected chi connectivity index (χ4v) is 4.13. The van der Waals surface area contributed by atoms with Crippen LogP contribution in [-0.2, 0) is 0 Å². The van der Waals surface area contributed by atoms with Crippen molar-refractivity contribution in [3.8, 4) is 0 Å². The number of carbonyl (C=O) groups excluding carboxylic acids is 1. The van der Waals surface area contributed by atoms with Crippen LogP contribution < -0.4 is 4.90 Å². The van der Waals surface area contributed by atoms with Crippen molar-refractivity contribution in [1.82, 2.24) is 0 Å². The molecule has 1 atom stereocenters. The van der Waals surface area contributed by atoms with Crippen LogP contribution in [0, 0.1) is 0 Å². The van der Waals surface area contributed by atoms with Crippen LogP contribution in [0.3, 0.4) is 0 Å². The zero-order valence-electron chi connectivity index (χ0n) is 14.2. The van der Waals surface area contributed by atoms with Gasteiger partial charge in [0.25, 0.3) is 0 Å². The second-order valence-corrected chi connectivity index (χ2v) is 8.13. The normalized spacial score (nSPS) is 19.8. The van der Waals surface area contributed by atoms with Crippen LogP contribution in [0.5, 0.6) is 0 Å². The Hall–Kier alpha value is -1.87. The summed E-state index contributed by atoms with van der Waals surface area (Å²) in [7, 11) is 2.19. The minimum atomic E-state index is 0.200. The number of rotatable bonds is 3. The minimum Gasteiger partial charge on any atom is -0.369 e. The van der Waals surface area contributed by atoms with Gasteiger partial charge in [-0.25, -0.2) is 0 Å². The summed E-state index contributed by atoms with van der Waals surface area (Å²) in [6.45, 7) is 6.93. The van der Waals surface area contributed by atoms with Crippen LogP contribution in [0.1, 0.15) is 58.8 Å². The lowest BCUT2D eigenvalue weighted by molar-refractivity contribution is 0.112. The van der Waals surface area contributed by atoms with E-state index in [1.807, 2.05) is 12.1 Å². The smallest absolute Gasteiger partial charge is 0.160 e. The second-order valence-electron chi connectivity index (χ2n) is 6.99. The minimum absolute atomic E-state index is 0.200. The third-order valence-corrected chi connectivity index (χ3v) is 5.84. The maximum Gasteiger partial charge on any atom is 0.160 e. The highest BCUT2D eigenvalue weighted by molar-refractivity contribution is 7.14. The van der Waals surface area contributed by atoms with Gasteiger partial charge < -0.3 is 4.90 Å². The molecule has 0 radical (unpaired) electrons. The number of aldehydes is 1. The Morgan fingerprint density at radius 1 is 1.17 bits per heavy atom. The van der Waals surface area contributed by atoms with Gasteiger partial charge in [0.1, 0.15) is 0 Å². The highest BCUT2D eigenvalue weighted by Gasteiger charge is 2.33. The molecule has 1 unspecified atom stereocenters. The van der Waals surface area contributed by atoms with Crippen LogP contribution in [-0.4, -0.2) is 18.9 Å². The summed E-state index contributed by atoms with van der Waals surface area (Å²) in [5.41, 5.74) is 4.18. The van der Waals surface area contributed by atoms with E-state index in [9.17, 15) is 4.79 Å². The highest BCUT2D eigenvalue weighted by atomic mass is 32.1. The monoisotopic (exact) mass is 325 g/mol. The molecule has 2 heterocycles. The number of benzene rings is 1. The van der Waals surface area contributed by atoms with Crippen molar-refractivity contribution in [3.05, 3.63) is 51.2 Å². The Kier molecular flexibility index (Phi) is 4.15. The Labute approximate surface area is 142 Å². The summed E-state index contributed by atoms with van der Waals surface area (Å²) >= 11 is 1.52. The van der Waals surface area contributed by atoms with Crippen LogP contribution in [0.2, 0.25) is 0 Å². The van der Waals surface area contributed by atoms with Gasteiger partial charge >= 0.3 is 0 Å². The Balaban J connectivity index is 1.89. The van der Waals surface area contributed by atoms with Gasteiger partial charge in [0.2, 0.25) is 0 Å². The second kappa shape index (κ2) is 5.97. The van der Waals surface area contributed by atoms with Crippen molar-refractivity contribution in [2.45, 2.75) is 38.6 Å². The van der Waals surface area contributed by atoms with Crippen LogP contribution in [0.25, 0.3) is 12.2 Å². The van der Waals surface area contributed by atoms with Crippen molar-refractivity contribution in [2.24, 2.45) is 0 Å². The fraction of sp³-hybridized carbons (Fsp3) is 0.350. The number of nitrogens with zero attached hydrogens (tertiary/aromatic N) is 1. The van der Waals surface area contributed by atoms with E-state index in [4.69, 9.17) is 0 Å². The molecule has 23 heavy (non-hydrogen) atoms. The lowest BCUT2D eigenvalue weighted by Gasteiger charge is -2.45. The molecule has 2 nitrogen and oxygen atoms in total. The van der Waals surface area contributed by atoms with E-state index in [2.05, 4.69) is 63.1 Å². The van der Waals surface area contributed by atoms with Crippen molar-refractivity contribution in [1.29, 1.82) is 0 Å². The molecule has 0 N–H and O–H groups in total. The first-order valence-corrected chi connectivity index (χ1v) is 8.83. The van der Waals surface area contributed by atoms with Gasteiger partial charge in [0, 0.05) is 23.2 Å². The molecule has 0 aliphatic carbocycles. The lowest BCUT2D eigenvalue weighted by Crippen LogP contribution is -2.45. The first kappa shape index (κ1) is 16.0. The van der Waals surface area contributed by atoms with Crippen molar-refractivity contribution in [3.63, 3.8) is 0 Å². The highest BCUT2D eigenvalue weighted by Crippen LogP contribution is 2.42. The molecule has 120 valence electrons. The molecule has 1 aliphatic heterocycles. The number of anilines is 1. The van der Waals surface area contributed by atoms with Crippen molar-refractivity contribution < 1.29 is 4.79 Å². The molecule has 0 bridgehead atoms. The zero-order valence-corrected chi connectivity index (χ0v) is 15.0. The summed E-state index contributed by atoms with van der Waals surface area (Å²) in [5, 5.41) is 0. The number of thiophene rings is 1. The molecule has 3 rings (SSSR count). The number of hydrogen-bond acceptors (Lipinski definition) is 3. The van der Waals surface area contributed by atoms with E-state index in [1.165, 1.54) is 28.2 Å². The fourth-order valence-electron chi connectivity index (χ4n) is 3.40. The third kappa shape index (κ3) is 3.11. The molecular weight excluding hydrogens is 302 g/mol. The van der Waals surface area contributed by atoms with Gasteiger partial charge in [-0.1, -0.05) is 19.1 Å². The van der Waals surface area contributed by atoms with E-state index in [0.717, 1.165) is 22.5 Å². The van der Waals surface area contributed by atoms with Gasteiger partial charge in [0.15, 0.2) is 6.29 Å². The average molecular weight is 325 g/mol. The quantitative estimate of drug-likeness (QED) is 0.699. The molecular formula is C20H23NOS. The SMILES string of the molecule is CC1CC(C)(C)N(C)c2ccc(/C=C/c3ccc(C=O)s3)cc21. The Morgan fingerprint density at radius 2 is 1.91 bits per heavy atom. The van der Waals surface area contributed by atoms with Gasteiger partial charge in [0.05, 0.1) is 4.88 Å². The number of carbonyl (C=O) groups is 1. The maximum absolute atomic E-state index is 10.8. The Bertz CT molecular complexity index is 757. The van der Waals surface area contributed by atoms with Crippen LogP contribution >= 0.6 is 11.3 Å². The van der Waals surface area contributed by atoms with E-state index in [1.54, 1.807) is 0 Å². The van der Waals surface area contributed by atoms with E-state index >= 15 is 0 Å². The van der Waals surface area contributed by atoms with E-state index < -0.39 is 0 Å². The molecule has 0 spiro atoms. The molecule has 3 heteroatoms. The molecule has 1 aliphatic rings. The van der Waals surface area contributed by atoms with Crippen molar-refractivity contribution >= 4 is 35.5 Å². The maximum atomic E-state index is 10.8. The van der Waals surface area contributed by atoms with Gasteiger partial charge in [-0.05, 0) is 67.7 Å². The average Bonchev–Trinajstić information content (AvgIpc) is 2.98. The predicted molar refractivity (Wildman–Crippen MR) is 101 cm³/mol. The van der Waals surface area contributed by atoms with E-state index in [0.29, 0.717) is 5.92 Å². The largest absolute Gasteiger partial charge is 0.369 e. The standard InChI is InChI=1S/C20H23NOS/c1-14-12-20(2,3)21(4)19-10-6-15(11-18(14)19)5-7-16-8-9-17(13-22)23-16/h5-11,13-14H,12H2,1-4H3/b7-5+. The topological polar surface area (TPSA) is 20.3 Å². The summed E-state index contributed by atoms with van der Waals surface area (Å²) in [6.07, 6.45) is 6.28. The van der Waals surface area contributed by atoms with Gasteiger partial charge in [-0.2, -0.15) is 0 Å². The van der Waals surface area contributed by atoms with Crippen molar-refractivity contribution in [2.75, 3.05) is 11.9 Å². The van der Waals surface area contributed by atoms with Crippen LogP contribution in [0.15, 0.2) is 30.3 Å². The Morgan fingerprint density at radius 3 is 2.61 bits per heavy atom. The molecule has 1 aromatic heterocycles. The summed E-state index contributed by atoms with van der Waals surface area (Å²) in [4.78, 5) is 15.0. The molecule has 0 fully saturated rings. The summed E-state index contributed by atoms with van der Waals surface area (Å²) in [6, 6.07) is 10.6. The van der Waals surface area contributed by atoms with E-state index in [-0.39, 0.29) is 5.54 Å². The van der Waals surface area contributed by atoms with Gasteiger partial charge in [-0.15, -0.1) is 11.3 Å². The predicted octanol–water partition coefficient (Wildman–Crippen LogP) is 5.45. The molecule has 0 amide bonds. The third-order valence-electron chi connectivity index (χ3n) is 4.86.